The molecule has 0 bridgehead atoms. The fraction of sp³-hybridized carbons (Fsp3) is 0.875. The van der Waals surface area contributed by atoms with Crippen LogP contribution >= 0.6 is 15.9 Å². The number of hydrogen-bond donors (Lipinski definition) is 0. The normalized spacial score (nSPS) is 11.2. The Hall–Kier alpha value is -0.0400. The Balaban J connectivity index is 3.70. The molecule has 0 saturated heterocycles. The summed E-state index contributed by atoms with van der Waals surface area (Å²) in [6.07, 6.45) is 10.1. The lowest BCUT2D eigenvalue weighted by Gasteiger charge is -2.20. The molecule has 0 amide bonds. The lowest BCUT2D eigenvalue weighted by Crippen LogP contribution is -2.26. The molecular weight excluding hydrogens is 304 g/mol. The van der Waals surface area contributed by atoms with E-state index in [-0.39, 0.29) is 0 Å². The third kappa shape index (κ3) is 11.5. The van der Waals surface area contributed by atoms with Gasteiger partial charge < -0.3 is 9.47 Å². The average molecular weight is 333 g/mol. The standard InChI is InChI=1S/C16H29BrO2/c1-4-7-8-9-10-11-12-13-14-15-16(17,18-5-2)19-6-3/h4-13H2,1-3H3. The highest BCUT2D eigenvalue weighted by Gasteiger charge is 2.24. The maximum atomic E-state index is 5.46. The number of unbranched alkanes of at least 4 members (excludes halogenated alkanes) is 7. The second-order valence-corrected chi connectivity index (χ2v) is 5.62. The molecule has 0 heterocycles. The summed E-state index contributed by atoms with van der Waals surface area (Å²) >= 11 is 3.40. The summed E-state index contributed by atoms with van der Waals surface area (Å²) in [4.78, 5) is 0. The van der Waals surface area contributed by atoms with Gasteiger partial charge in [-0.05, 0) is 42.1 Å². The van der Waals surface area contributed by atoms with Crippen molar-refractivity contribution in [1.82, 2.24) is 0 Å². The second-order valence-electron chi connectivity index (χ2n) is 4.58. The largest absolute Gasteiger partial charge is 0.331 e. The van der Waals surface area contributed by atoms with Crippen molar-refractivity contribution in [3.8, 4) is 11.8 Å². The number of rotatable bonds is 11. The van der Waals surface area contributed by atoms with Gasteiger partial charge in [-0.3, -0.25) is 0 Å². The molecule has 0 atom stereocenters. The van der Waals surface area contributed by atoms with Gasteiger partial charge in [0.15, 0.2) is 0 Å². The number of ether oxygens (including phenoxy) is 2. The third-order valence-corrected chi connectivity index (χ3v) is 3.46. The minimum atomic E-state index is -0.905. The molecule has 2 nitrogen and oxygen atoms in total. The molecule has 19 heavy (non-hydrogen) atoms. The highest BCUT2D eigenvalue weighted by Crippen LogP contribution is 2.20. The summed E-state index contributed by atoms with van der Waals surface area (Å²) < 4.78 is 10.0. The molecule has 112 valence electrons. The molecule has 0 aliphatic rings. The quantitative estimate of drug-likeness (QED) is 0.222. The molecule has 0 aliphatic carbocycles. The van der Waals surface area contributed by atoms with Crippen LogP contribution in [0, 0.1) is 11.8 Å². The van der Waals surface area contributed by atoms with E-state index in [2.05, 4.69) is 34.7 Å². The predicted octanol–water partition coefficient (Wildman–Crippen LogP) is 5.25. The first-order valence-electron chi connectivity index (χ1n) is 7.65. The first-order valence-corrected chi connectivity index (χ1v) is 8.44. The van der Waals surface area contributed by atoms with Crippen LogP contribution < -0.4 is 0 Å². The lowest BCUT2D eigenvalue weighted by molar-refractivity contribution is -0.120. The summed E-state index contributed by atoms with van der Waals surface area (Å²) in [5.41, 5.74) is 0. The molecule has 0 aliphatic heterocycles. The molecule has 0 fully saturated rings. The van der Waals surface area contributed by atoms with Crippen LogP contribution in [0.2, 0.25) is 0 Å². The average Bonchev–Trinajstić information content (AvgIpc) is 2.37. The Morgan fingerprint density at radius 3 is 1.89 bits per heavy atom. The number of alkyl halides is 1. The van der Waals surface area contributed by atoms with E-state index in [1.807, 2.05) is 13.8 Å². The van der Waals surface area contributed by atoms with Gasteiger partial charge in [-0.2, -0.15) is 0 Å². The van der Waals surface area contributed by atoms with Crippen LogP contribution in [0.4, 0.5) is 0 Å². The fourth-order valence-electron chi connectivity index (χ4n) is 1.82. The Morgan fingerprint density at radius 1 is 0.842 bits per heavy atom. The first-order chi connectivity index (χ1) is 9.18. The predicted molar refractivity (Wildman–Crippen MR) is 85.3 cm³/mol. The van der Waals surface area contributed by atoms with Crippen LogP contribution in [0.15, 0.2) is 0 Å². The van der Waals surface area contributed by atoms with E-state index in [1.54, 1.807) is 0 Å². The SMILES string of the molecule is CCCCCCCCCC#CC(Br)(OCC)OCC. The fourth-order valence-corrected chi connectivity index (χ4v) is 2.42. The van der Waals surface area contributed by atoms with Gasteiger partial charge in [0.05, 0.1) is 0 Å². The van der Waals surface area contributed by atoms with Crippen molar-refractivity contribution >= 4 is 15.9 Å². The minimum Gasteiger partial charge on any atom is -0.331 e. The van der Waals surface area contributed by atoms with Crippen LogP contribution in [-0.2, 0) is 9.47 Å². The van der Waals surface area contributed by atoms with E-state index < -0.39 is 4.70 Å². The summed E-state index contributed by atoms with van der Waals surface area (Å²) in [5.74, 6) is 6.18. The van der Waals surface area contributed by atoms with Crippen LogP contribution in [0.3, 0.4) is 0 Å². The molecule has 0 radical (unpaired) electrons. The second kappa shape index (κ2) is 13.0. The molecule has 3 heteroatoms. The zero-order valence-electron chi connectivity index (χ0n) is 12.8. The molecule has 0 rings (SSSR count). The topological polar surface area (TPSA) is 18.5 Å². The van der Waals surface area contributed by atoms with E-state index >= 15 is 0 Å². The molecular formula is C16H29BrO2. The van der Waals surface area contributed by atoms with E-state index in [4.69, 9.17) is 9.47 Å². The Morgan fingerprint density at radius 2 is 1.37 bits per heavy atom. The van der Waals surface area contributed by atoms with Gasteiger partial charge in [-0.15, -0.1) is 0 Å². The molecule has 0 saturated carbocycles. The first kappa shape index (κ1) is 19.0. The van der Waals surface area contributed by atoms with Crippen LogP contribution in [0.5, 0.6) is 0 Å². The van der Waals surface area contributed by atoms with Crippen LogP contribution in [0.1, 0.15) is 72.1 Å². The highest BCUT2D eigenvalue weighted by atomic mass is 79.9. The molecule has 0 N–H and O–H groups in total. The van der Waals surface area contributed by atoms with E-state index in [0.717, 1.165) is 6.42 Å². The highest BCUT2D eigenvalue weighted by molar-refractivity contribution is 9.10. The van der Waals surface area contributed by atoms with Gasteiger partial charge in [0, 0.05) is 19.6 Å². The minimum absolute atomic E-state index is 0.581. The smallest absolute Gasteiger partial charge is 0.293 e. The summed E-state index contributed by atoms with van der Waals surface area (Å²) in [7, 11) is 0. The van der Waals surface area contributed by atoms with Gasteiger partial charge in [-0.1, -0.05) is 51.4 Å². The molecule has 0 spiro atoms. The van der Waals surface area contributed by atoms with Gasteiger partial charge in [-0.25, -0.2) is 0 Å². The zero-order chi connectivity index (χ0) is 14.4. The Bertz CT molecular complexity index is 249. The van der Waals surface area contributed by atoms with Crippen molar-refractivity contribution in [1.29, 1.82) is 0 Å². The lowest BCUT2D eigenvalue weighted by atomic mass is 10.1. The molecule has 0 aromatic heterocycles. The summed E-state index contributed by atoms with van der Waals surface area (Å²) in [5, 5.41) is 0. The number of halogens is 1. The maximum Gasteiger partial charge on any atom is 0.293 e. The molecule has 0 unspecified atom stereocenters. The van der Waals surface area contributed by atoms with Gasteiger partial charge >= 0.3 is 0 Å². The van der Waals surface area contributed by atoms with Crippen molar-refractivity contribution in [3.05, 3.63) is 0 Å². The van der Waals surface area contributed by atoms with Crippen LogP contribution in [-0.4, -0.2) is 17.9 Å². The third-order valence-electron chi connectivity index (χ3n) is 2.80. The maximum absolute atomic E-state index is 5.46. The van der Waals surface area contributed by atoms with Gasteiger partial charge in [0.2, 0.25) is 0 Å². The van der Waals surface area contributed by atoms with Gasteiger partial charge in [0.1, 0.15) is 0 Å². The van der Waals surface area contributed by atoms with Crippen molar-refractivity contribution in [2.45, 2.75) is 76.8 Å². The van der Waals surface area contributed by atoms with Crippen molar-refractivity contribution < 1.29 is 9.47 Å². The Labute approximate surface area is 127 Å². The van der Waals surface area contributed by atoms with Gasteiger partial charge in [0.25, 0.3) is 4.70 Å². The van der Waals surface area contributed by atoms with E-state index in [9.17, 15) is 0 Å². The van der Waals surface area contributed by atoms with Crippen molar-refractivity contribution in [2.24, 2.45) is 0 Å². The molecule has 0 aromatic carbocycles. The van der Waals surface area contributed by atoms with Crippen LogP contribution in [0.25, 0.3) is 0 Å². The number of hydrogen-bond acceptors (Lipinski definition) is 2. The Kier molecular flexibility index (Phi) is 12.9. The van der Waals surface area contributed by atoms with Crippen molar-refractivity contribution in [2.75, 3.05) is 13.2 Å². The zero-order valence-corrected chi connectivity index (χ0v) is 14.4. The van der Waals surface area contributed by atoms with E-state index in [1.165, 1.54) is 44.9 Å². The summed E-state index contributed by atoms with van der Waals surface area (Å²) in [6, 6.07) is 0. The van der Waals surface area contributed by atoms with Crippen molar-refractivity contribution in [3.63, 3.8) is 0 Å². The monoisotopic (exact) mass is 332 g/mol. The molecule has 0 aromatic rings. The summed E-state index contributed by atoms with van der Waals surface area (Å²) in [6.45, 7) is 7.29. The van der Waals surface area contributed by atoms with E-state index in [0.29, 0.717) is 13.2 Å².